The number of nitrogens with zero attached hydrogens (tertiary/aromatic N) is 2. The average molecular weight is 515 g/mol. The Morgan fingerprint density at radius 1 is 1.14 bits per heavy atom. The van der Waals surface area contributed by atoms with E-state index in [4.69, 9.17) is 21.1 Å². The lowest BCUT2D eigenvalue weighted by molar-refractivity contribution is -0.160. The second-order valence-electron chi connectivity index (χ2n) is 9.91. The largest absolute Gasteiger partial charge is 0.465 e. The van der Waals surface area contributed by atoms with Crippen LogP contribution in [0.4, 0.5) is 5.69 Å². The number of aliphatic hydroxyl groups excluding tert-OH is 1. The zero-order chi connectivity index (χ0) is 25.7. The second kappa shape index (κ2) is 9.32. The maximum absolute atomic E-state index is 14.3. The quantitative estimate of drug-likeness (QED) is 0.490. The van der Waals surface area contributed by atoms with E-state index in [-0.39, 0.29) is 25.7 Å². The number of cyclic esters (lactones) is 1. The molecule has 8 nitrogen and oxygen atoms in total. The Balaban J connectivity index is 1.70. The number of para-hydroxylation sites is 1. The summed E-state index contributed by atoms with van der Waals surface area (Å²) in [4.78, 5) is 44.8. The lowest BCUT2D eigenvalue weighted by atomic mass is 9.73. The number of ether oxygens (including phenoxy) is 2. The van der Waals surface area contributed by atoms with Gasteiger partial charge in [-0.15, -0.1) is 0 Å². The number of hydrogen-bond donors (Lipinski definition) is 1. The summed E-state index contributed by atoms with van der Waals surface area (Å²) < 4.78 is 12.4. The molecule has 4 aliphatic heterocycles. The number of allylic oxidation sites excluding steroid dienone is 1. The van der Waals surface area contributed by atoms with Gasteiger partial charge in [0.05, 0.1) is 35.9 Å². The molecule has 0 saturated carbocycles. The Kier molecular flexibility index (Phi) is 6.47. The number of fused-ring (bicyclic) bond motifs is 2. The smallest absolute Gasteiger partial charge is 0.313 e. The molecule has 9 heteroatoms. The highest BCUT2D eigenvalue weighted by Crippen LogP contribution is 2.58. The fourth-order valence-corrected chi connectivity index (χ4v) is 6.50. The van der Waals surface area contributed by atoms with Crippen molar-refractivity contribution >= 4 is 35.1 Å². The standard InChI is InChI=1S/C27H31ClN2O6/c1-3-26-12-7-4-8-15-35-25(34)21(26)20-23(32)30(17(2)16-31)22-24(33)29(14-9-13-27(20,22)36-26)19-11-6-5-10-18(19)28/h5-7,9-13,17,20-22,31H,3-4,8,14-16H2,1-2H3/b12-7-/t17-,20+,21+,22?,26-,27+/m1/s1. The van der Waals surface area contributed by atoms with E-state index in [1.165, 1.54) is 9.80 Å². The number of anilines is 1. The predicted octanol–water partition coefficient (Wildman–Crippen LogP) is 2.88. The lowest BCUT2D eigenvalue weighted by Crippen LogP contribution is -2.58. The Labute approximate surface area is 215 Å². The molecule has 36 heavy (non-hydrogen) atoms. The zero-order valence-electron chi connectivity index (χ0n) is 20.4. The van der Waals surface area contributed by atoms with Crippen molar-refractivity contribution < 1.29 is 29.0 Å². The van der Waals surface area contributed by atoms with Crippen LogP contribution in [-0.4, -0.2) is 70.8 Å². The molecule has 4 aliphatic rings. The normalized spacial score (nSPS) is 35.7. The Bertz CT molecular complexity index is 1140. The number of amides is 2. The SMILES string of the molecule is CC[C@@]12/C=C\CCCOC(=O)[C@@H]1[C@H]1C(=O)N([C@H](C)CO)C3C(=O)N(c4ccccc4Cl)CC=C[C@@]31O2. The summed E-state index contributed by atoms with van der Waals surface area (Å²) in [5.41, 5.74) is -1.99. The molecule has 6 atom stereocenters. The number of carbonyl (C=O) groups excluding carboxylic acids is 3. The van der Waals surface area contributed by atoms with Crippen LogP contribution in [0.3, 0.4) is 0 Å². The molecule has 2 saturated heterocycles. The minimum absolute atomic E-state index is 0.219. The number of rotatable bonds is 4. The third kappa shape index (κ3) is 3.53. The van der Waals surface area contributed by atoms with Gasteiger partial charge in [-0.05, 0) is 38.3 Å². The molecule has 0 aromatic heterocycles. The zero-order valence-corrected chi connectivity index (χ0v) is 21.2. The van der Waals surface area contributed by atoms with Crippen molar-refractivity contribution in [3.63, 3.8) is 0 Å². The third-order valence-corrected chi connectivity index (χ3v) is 8.27. The maximum Gasteiger partial charge on any atom is 0.313 e. The number of halogens is 1. The van der Waals surface area contributed by atoms with Crippen molar-refractivity contribution in [1.29, 1.82) is 0 Å². The first-order valence-corrected chi connectivity index (χ1v) is 12.9. The summed E-state index contributed by atoms with van der Waals surface area (Å²) in [5.74, 6) is -3.17. The molecule has 192 valence electrons. The van der Waals surface area contributed by atoms with Crippen LogP contribution in [0.1, 0.15) is 33.1 Å². The van der Waals surface area contributed by atoms with Gasteiger partial charge in [0.25, 0.3) is 5.91 Å². The van der Waals surface area contributed by atoms with Gasteiger partial charge in [-0.3, -0.25) is 14.4 Å². The number of aliphatic hydroxyl groups is 1. The van der Waals surface area contributed by atoms with Gasteiger partial charge in [-0.25, -0.2) is 0 Å². The van der Waals surface area contributed by atoms with E-state index in [1.54, 1.807) is 43.3 Å². The van der Waals surface area contributed by atoms with Gasteiger partial charge in [0.1, 0.15) is 23.2 Å². The number of hydrogen-bond acceptors (Lipinski definition) is 6. The summed E-state index contributed by atoms with van der Waals surface area (Å²) in [5, 5.41) is 10.4. The van der Waals surface area contributed by atoms with Crippen LogP contribution in [0, 0.1) is 11.8 Å². The van der Waals surface area contributed by atoms with Crippen LogP contribution in [0.5, 0.6) is 0 Å². The predicted molar refractivity (Wildman–Crippen MR) is 133 cm³/mol. The van der Waals surface area contributed by atoms with Gasteiger partial charge in [0, 0.05) is 6.54 Å². The average Bonchev–Trinajstić information content (AvgIpc) is 3.26. The van der Waals surface area contributed by atoms with Gasteiger partial charge in [0.2, 0.25) is 5.91 Å². The summed E-state index contributed by atoms with van der Waals surface area (Å²) in [6, 6.07) is 5.26. The van der Waals surface area contributed by atoms with Gasteiger partial charge < -0.3 is 24.4 Å². The molecule has 0 aliphatic carbocycles. The molecule has 0 bridgehead atoms. The van der Waals surface area contributed by atoms with Crippen LogP contribution >= 0.6 is 11.6 Å². The van der Waals surface area contributed by atoms with Gasteiger partial charge in [-0.2, -0.15) is 0 Å². The molecular formula is C27H31ClN2O6. The molecule has 1 unspecified atom stereocenters. The van der Waals surface area contributed by atoms with E-state index in [1.807, 2.05) is 19.1 Å². The van der Waals surface area contributed by atoms with Crippen LogP contribution < -0.4 is 4.90 Å². The Morgan fingerprint density at radius 2 is 1.92 bits per heavy atom. The Morgan fingerprint density at radius 3 is 2.64 bits per heavy atom. The van der Waals surface area contributed by atoms with Crippen LogP contribution in [0.25, 0.3) is 0 Å². The highest BCUT2D eigenvalue weighted by molar-refractivity contribution is 6.34. The molecular weight excluding hydrogens is 484 g/mol. The molecule has 5 rings (SSSR count). The fraction of sp³-hybridized carbons (Fsp3) is 0.519. The highest BCUT2D eigenvalue weighted by Gasteiger charge is 2.75. The van der Waals surface area contributed by atoms with E-state index in [2.05, 4.69) is 0 Å². The molecule has 4 heterocycles. The van der Waals surface area contributed by atoms with Crippen molar-refractivity contribution in [2.45, 2.75) is 56.4 Å². The lowest BCUT2D eigenvalue weighted by Gasteiger charge is -2.40. The number of esters is 1. The van der Waals surface area contributed by atoms with Gasteiger partial charge >= 0.3 is 5.97 Å². The molecule has 1 N–H and O–H groups in total. The minimum Gasteiger partial charge on any atom is -0.465 e. The number of carbonyl (C=O) groups is 3. The van der Waals surface area contributed by atoms with Crippen LogP contribution in [-0.2, 0) is 23.9 Å². The van der Waals surface area contributed by atoms with E-state index in [0.717, 1.165) is 0 Å². The van der Waals surface area contributed by atoms with Crippen molar-refractivity contribution in [1.82, 2.24) is 4.90 Å². The van der Waals surface area contributed by atoms with Gasteiger partial charge in [-0.1, -0.05) is 55.0 Å². The summed E-state index contributed by atoms with van der Waals surface area (Å²) in [7, 11) is 0. The molecule has 2 fully saturated rings. The van der Waals surface area contributed by atoms with E-state index < -0.39 is 47.0 Å². The van der Waals surface area contributed by atoms with Crippen LogP contribution in [0.15, 0.2) is 48.6 Å². The van der Waals surface area contributed by atoms with E-state index >= 15 is 0 Å². The topological polar surface area (TPSA) is 96.4 Å². The first kappa shape index (κ1) is 25.0. The van der Waals surface area contributed by atoms with Crippen molar-refractivity contribution in [2.75, 3.05) is 24.7 Å². The van der Waals surface area contributed by atoms with Crippen LogP contribution in [0.2, 0.25) is 5.02 Å². The molecule has 0 radical (unpaired) electrons. The Hall–Kier alpha value is -2.68. The number of benzene rings is 1. The van der Waals surface area contributed by atoms with Gasteiger partial charge in [0.15, 0.2) is 0 Å². The summed E-state index contributed by atoms with van der Waals surface area (Å²) >= 11 is 6.46. The first-order valence-electron chi connectivity index (χ1n) is 12.5. The molecule has 2 amide bonds. The molecule has 1 aromatic carbocycles. The summed E-state index contributed by atoms with van der Waals surface area (Å²) in [6.45, 7) is 3.72. The monoisotopic (exact) mass is 514 g/mol. The van der Waals surface area contributed by atoms with Crippen molar-refractivity contribution in [2.24, 2.45) is 11.8 Å². The maximum atomic E-state index is 14.3. The third-order valence-electron chi connectivity index (χ3n) is 7.95. The van der Waals surface area contributed by atoms with E-state index in [0.29, 0.717) is 30.0 Å². The van der Waals surface area contributed by atoms with Crippen molar-refractivity contribution in [3.05, 3.63) is 53.6 Å². The van der Waals surface area contributed by atoms with Crippen molar-refractivity contribution in [3.8, 4) is 0 Å². The minimum atomic E-state index is -1.41. The number of likely N-dealkylation sites (tertiary alicyclic amines) is 1. The summed E-state index contributed by atoms with van der Waals surface area (Å²) in [6.07, 6.45) is 9.25. The molecule has 1 aromatic rings. The fourth-order valence-electron chi connectivity index (χ4n) is 6.26. The first-order chi connectivity index (χ1) is 17.3. The highest BCUT2D eigenvalue weighted by atomic mass is 35.5. The second-order valence-corrected chi connectivity index (χ2v) is 10.3. The molecule has 1 spiro atoms. The van der Waals surface area contributed by atoms with E-state index in [9.17, 15) is 19.5 Å².